The fourth-order valence-corrected chi connectivity index (χ4v) is 3.16. The summed E-state index contributed by atoms with van der Waals surface area (Å²) in [6.07, 6.45) is 0. The van der Waals surface area contributed by atoms with Crippen molar-refractivity contribution in [3.05, 3.63) is 29.6 Å². The number of nitrogens with zero attached hydrogens (tertiary/aromatic N) is 1. The molecule has 2 unspecified atom stereocenters. The molecule has 0 saturated carbocycles. The molecule has 1 saturated heterocycles. The number of aliphatic carboxylic acids is 1. The summed E-state index contributed by atoms with van der Waals surface area (Å²) in [4.78, 5) is 24.7. The second-order valence-corrected chi connectivity index (χ2v) is 5.58. The highest BCUT2D eigenvalue weighted by molar-refractivity contribution is 8.00. The van der Waals surface area contributed by atoms with Crippen LogP contribution in [-0.2, 0) is 4.79 Å². The lowest BCUT2D eigenvalue weighted by Crippen LogP contribution is -2.45. The molecular formula is C12H13FN2O3S. The van der Waals surface area contributed by atoms with Crippen LogP contribution in [0.3, 0.4) is 0 Å². The van der Waals surface area contributed by atoms with Gasteiger partial charge in [-0.05, 0) is 25.1 Å². The van der Waals surface area contributed by atoms with Crippen molar-refractivity contribution >= 4 is 29.3 Å². The largest absolute Gasteiger partial charge is 0.480 e. The van der Waals surface area contributed by atoms with Crippen molar-refractivity contribution in [2.45, 2.75) is 18.3 Å². The third-order valence-electron chi connectivity index (χ3n) is 2.99. The lowest BCUT2D eigenvalue weighted by molar-refractivity contribution is -0.141. The van der Waals surface area contributed by atoms with Gasteiger partial charge in [-0.15, -0.1) is 11.8 Å². The maximum Gasteiger partial charge on any atom is 0.327 e. The maximum absolute atomic E-state index is 13.2. The third-order valence-corrected chi connectivity index (χ3v) is 4.21. The van der Waals surface area contributed by atoms with E-state index in [1.165, 1.54) is 22.7 Å². The molecule has 0 spiro atoms. The van der Waals surface area contributed by atoms with Crippen molar-refractivity contribution in [1.82, 2.24) is 4.90 Å². The summed E-state index contributed by atoms with van der Waals surface area (Å²) in [6, 6.07) is 2.58. The first-order chi connectivity index (χ1) is 8.91. The third kappa shape index (κ3) is 2.51. The van der Waals surface area contributed by atoms with Crippen molar-refractivity contribution in [3.8, 4) is 0 Å². The Balaban J connectivity index is 2.37. The molecule has 2 atom stereocenters. The average Bonchev–Trinajstić information content (AvgIpc) is 2.73. The molecular weight excluding hydrogens is 271 g/mol. The molecule has 19 heavy (non-hydrogen) atoms. The quantitative estimate of drug-likeness (QED) is 0.802. The molecule has 2 rings (SSSR count). The first-order valence-corrected chi connectivity index (χ1v) is 6.68. The van der Waals surface area contributed by atoms with Crippen LogP contribution in [0.15, 0.2) is 18.2 Å². The molecule has 1 aliphatic rings. The number of anilines is 1. The minimum atomic E-state index is -1.07. The van der Waals surface area contributed by atoms with Crippen molar-refractivity contribution in [2.24, 2.45) is 0 Å². The Morgan fingerprint density at radius 3 is 2.84 bits per heavy atom. The molecule has 7 heteroatoms. The van der Waals surface area contributed by atoms with E-state index in [0.29, 0.717) is 5.75 Å². The van der Waals surface area contributed by atoms with E-state index in [1.807, 2.05) is 0 Å². The number of hydrogen-bond donors (Lipinski definition) is 2. The first-order valence-electron chi connectivity index (χ1n) is 5.64. The van der Waals surface area contributed by atoms with E-state index in [4.69, 9.17) is 10.8 Å². The number of nitrogens with two attached hydrogens (primary N) is 1. The number of carbonyl (C=O) groups excluding carboxylic acids is 1. The minimum absolute atomic E-state index is 0.000556. The lowest BCUT2D eigenvalue weighted by atomic mass is 10.1. The standard InChI is InChI=1S/C12H13FN2O3S/c1-6-15(10(5-19-6)12(17)18)11(16)8-4-7(13)2-3-9(8)14/h2-4,6,10H,5,14H2,1H3,(H,17,18). The molecule has 0 bridgehead atoms. The van der Waals surface area contributed by atoms with Gasteiger partial charge in [0.05, 0.1) is 10.9 Å². The Hall–Kier alpha value is -1.76. The molecule has 1 aromatic rings. The Labute approximate surface area is 113 Å². The van der Waals surface area contributed by atoms with Gasteiger partial charge in [-0.1, -0.05) is 0 Å². The molecule has 0 aromatic heterocycles. The highest BCUT2D eigenvalue weighted by Gasteiger charge is 2.40. The molecule has 1 aromatic carbocycles. The van der Waals surface area contributed by atoms with Crippen molar-refractivity contribution in [3.63, 3.8) is 0 Å². The molecule has 1 aliphatic heterocycles. The maximum atomic E-state index is 13.2. The number of rotatable bonds is 2. The predicted molar refractivity (Wildman–Crippen MR) is 70.3 cm³/mol. The number of benzene rings is 1. The second-order valence-electron chi connectivity index (χ2n) is 4.23. The normalized spacial score (nSPS) is 22.5. The number of nitrogen functional groups attached to an aromatic ring is 1. The molecule has 102 valence electrons. The van der Waals surface area contributed by atoms with Crippen LogP contribution in [0.1, 0.15) is 17.3 Å². The van der Waals surface area contributed by atoms with Gasteiger partial charge in [0.2, 0.25) is 0 Å². The summed E-state index contributed by atoms with van der Waals surface area (Å²) in [5, 5.41) is 8.83. The lowest BCUT2D eigenvalue weighted by Gasteiger charge is -2.25. The van der Waals surface area contributed by atoms with E-state index < -0.39 is 23.7 Å². The van der Waals surface area contributed by atoms with Crippen LogP contribution in [0, 0.1) is 5.82 Å². The smallest absolute Gasteiger partial charge is 0.327 e. The van der Waals surface area contributed by atoms with Crippen LogP contribution >= 0.6 is 11.8 Å². The summed E-state index contributed by atoms with van der Waals surface area (Å²) in [5.74, 6) is -1.89. The highest BCUT2D eigenvalue weighted by Crippen LogP contribution is 2.31. The summed E-state index contributed by atoms with van der Waals surface area (Å²) in [5.41, 5.74) is 5.80. The van der Waals surface area contributed by atoms with Crippen LogP contribution in [0.4, 0.5) is 10.1 Å². The summed E-state index contributed by atoms with van der Waals surface area (Å²) in [7, 11) is 0. The molecule has 3 N–H and O–H groups in total. The van der Waals surface area contributed by atoms with E-state index in [1.54, 1.807) is 6.92 Å². The van der Waals surface area contributed by atoms with Gasteiger partial charge in [0, 0.05) is 11.4 Å². The molecule has 1 amide bonds. The number of amides is 1. The Bertz CT molecular complexity index is 538. The topological polar surface area (TPSA) is 83.6 Å². The van der Waals surface area contributed by atoms with Crippen LogP contribution in [0.25, 0.3) is 0 Å². The summed E-state index contributed by atoms with van der Waals surface area (Å²) >= 11 is 1.36. The zero-order chi connectivity index (χ0) is 14.2. The molecule has 0 aliphatic carbocycles. The fourth-order valence-electron chi connectivity index (χ4n) is 1.99. The van der Waals surface area contributed by atoms with Crippen LogP contribution in [-0.4, -0.2) is 39.1 Å². The van der Waals surface area contributed by atoms with Crippen LogP contribution in [0.2, 0.25) is 0 Å². The van der Waals surface area contributed by atoms with E-state index in [9.17, 15) is 14.0 Å². The molecule has 0 radical (unpaired) electrons. The Morgan fingerprint density at radius 2 is 2.21 bits per heavy atom. The van der Waals surface area contributed by atoms with Gasteiger partial charge >= 0.3 is 5.97 Å². The van der Waals surface area contributed by atoms with Crippen molar-refractivity contribution in [2.75, 3.05) is 11.5 Å². The summed E-state index contributed by atoms with van der Waals surface area (Å²) < 4.78 is 13.2. The van der Waals surface area contributed by atoms with E-state index >= 15 is 0 Å². The molecule has 1 fully saturated rings. The average molecular weight is 284 g/mol. The van der Waals surface area contributed by atoms with Gasteiger partial charge in [0.15, 0.2) is 0 Å². The van der Waals surface area contributed by atoms with Gasteiger partial charge in [0.25, 0.3) is 5.91 Å². The zero-order valence-corrected chi connectivity index (χ0v) is 11.0. The summed E-state index contributed by atoms with van der Waals surface area (Å²) in [6.45, 7) is 1.74. The number of thioether (sulfide) groups is 1. The van der Waals surface area contributed by atoms with Crippen LogP contribution < -0.4 is 5.73 Å². The number of halogens is 1. The van der Waals surface area contributed by atoms with Crippen molar-refractivity contribution in [1.29, 1.82) is 0 Å². The number of hydrogen-bond acceptors (Lipinski definition) is 4. The number of carbonyl (C=O) groups is 2. The Morgan fingerprint density at radius 1 is 1.53 bits per heavy atom. The van der Waals surface area contributed by atoms with Gasteiger partial charge in [-0.3, -0.25) is 4.79 Å². The molecule has 5 nitrogen and oxygen atoms in total. The van der Waals surface area contributed by atoms with Gasteiger partial charge in [-0.25, -0.2) is 9.18 Å². The van der Waals surface area contributed by atoms with Gasteiger partial charge in [0.1, 0.15) is 11.9 Å². The Kier molecular flexibility index (Phi) is 3.66. The van der Waals surface area contributed by atoms with Crippen LogP contribution in [0.5, 0.6) is 0 Å². The fraction of sp³-hybridized carbons (Fsp3) is 0.333. The number of carboxylic acid groups (broad SMARTS) is 1. The van der Waals surface area contributed by atoms with E-state index in [2.05, 4.69) is 0 Å². The van der Waals surface area contributed by atoms with E-state index in [-0.39, 0.29) is 16.6 Å². The second kappa shape index (κ2) is 5.08. The monoisotopic (exact) mass is 284 g/mol. The zero-order valence-electron chi connectivity index (χ0n) is 10.2. The van der Waals surface area contributed by atoms with Crippen molar-refractivity contribution < 1.29 is 19.1 Å². The van der Waals surface area contributed by atoms with Gasteiger partial charge in [-0.2, -0.15) is 0 Å². The SMILES string of the molecule is CC1SCC(C(=O)O)N1C(=O)c1cc(F)ccc1N. The molecule has 1 heterocycles. The van der Waals surface area contributed by atoms with Gasteiger partial charge < -0.3 is 15.7 Å². The predicted octanol–water partition coefficient (Wildman–Crippen LogP) is 1.40. The van der Waals surface area contributed by atoms with E-state index in [0.717, 1.165) is 12.1 Å². The first kappa shape index (κ1) is 13.7. The minimum Gasteiger partial charge on any atom is -0.480 e. The highest BCUT2D eigenvalue weighted by atomic mass is 32.2. The number of carboxylic acids is 1.